The van der Waals surface area contributed by atoms with Gasteiger partial charge in [-0.25, -0.2) is 0 Å². The average molecular weight is 323 g/mol. The number of benzene rings is 2. The maximum atomic E-state index is 12.1. The number of nitrogens with one attached hydrogen (secondary N) is 1. The van der Waals surface area contributed by atoms with E-state index in [0.29, 0.717) is 6.54 Å². The number of aryl methyl sites for hydroxylation is 2. The molecule has 0 aliphatic rings. The maximum Gasteiger partial charge on any atom is 0.422 e. The summed E-state index contributed by atoms with van der Waals surface area (Å²) < 4.78 is 40.9. The van der Waals surface area contributed by atoms with Crippen LogP contribution in [-0.4, -0.2) is 12.8 Å². The van der Waals surface area contributed by atoms with Crippen LogP contribution in [0.1, 0.15) is 22.3 Å². The quantitative estimate of drug-likeness (QED) is 0.843. The topological polar surface area (TPSA) is 21.3 Å². The van der Waals surface area contributed by atoms with Crippen LogP contribution in [0.2, 0.25) is 0 Å². The van der Waals surface area contributed by atoms with Crippen molar-refractivity contribution in [3.05, 3.63) is 64.7 Å². The highest BCUT2D eigenvalue weighted by molar-refractivity contribution is 5.30. The Balaban J connectivity index is 1.80. The minimum atomic E-state index is -4.31. The van der Waals surface area contributed by atoms with Gasteiger partial charge in [0.25, 0.3) is 0 Å². The molecule has 2 nitrogen and oxygen atoms in total. The number of ether oxygens (including phenoxy) is 1. The van der Waals surface area contributed by atoms with Crippen LogP contribution >= 0.6 is 0 Å². The van der Waals surface area contributed by atoms with Gasteiger partial charge in [-0.3, -0.25) is 0 Å². The van der Waals surface area contributed by atoms with Crippen LogP contribution in [0, 0.1) is 13.8 Å². The van der Waals surface area contributed by atoms with Gasteiger partial charge in [0, 0.05) is 13.1 Å². The van der Waals surface area contributed by atoms with E-state index in [9.17, 15) is 13.2 Å². The first-order valence-corrected chi connectivity index (χ1v) is 7.39. The Hall–Kier alpha value is -2.01. The van der Waals surface area contributed by atoms with Crippen molar-refractivity contribution in [1.82, 2.24) is 5.32 Å². The van der Waals surface area contributed by atoms with Crippen molar-refractivity contribution >= 4 is 0 Å². The van der Waals surface area contributed by atoms with Gasteiger partial charge in [0.2, 0.25) is 0 Å². The van der Waals surface area contributed by atoms with E-state index in [4.69, 9.17) is 0 Å². The van der Waals surface area contributed by atoms with E-state index in [2.05, 4.69) is 42.1 Å². The van der Waals surface area contributed by atoms with Crippen molar-refractivity contribution in [2.24, 2.45) is 0 Å². The highest BCUT2D eigenvalue weighted by Crippen LogP contribution is 2.19. The molecular formula is C18H20F3NO. The van der Waals surface area contributed by atoms with E-state index < -0.39 is 12.8 Å². The zero-order valence-corrected chi connectivity index (χ0v) is 13.2. The lowest BCUT2D eigenvalue weighted by Crippen LogP contribution is -2.19. The molecule has 0 radical (unpaired) electrons. The summed E-state index contributed by atoms with van der Waals surface area (Å²) in [7, 11) is 0. The molecule has 0 saturated heterocycles. The van der Waals surface area contributed by atoms with E-state index >= 15 is 0 Å². The molecular weight excluding hydrogens is 303 g/mol. The third-order valence-electron chi connectivity index (χ3n) is 3.56. The average Bonchev–Trinajstić information content (AvgIpc) is 2.49. The van der Waals surface area contributed by atoms with Gasteiger partial charge in [-0.15, -0.1) is 0 Å². The minimum Gasteiger partial charge on any atom is -0.484 e. The first-order chi connectivity index (χ1) is 10.8. The van der Waals surface area contributed by atoms with Crippen LogP contribution in [0.4, 0.5) is 13.2 Å². The molecule has 23 heavy (non-hydrogen) atoms. The fourth-order valence-electron chi connectivity index (χ4n) is 2.13. The van der Waals surface area contributed by atoms with Gasteiger partial charge in [-0.05, 0) is 48.2 Å². The molecule has 124 valence electrons. The molecule has 0 fully saturated rings. The molecule has 0 saturated carbocycles. The Morgan fingerprint density at radius 1 is 0.870 bits per heavy atom. The normalized spacial score (nSPS) is 11.5. The number of hydrogen-bond donors (Lipinski definition) is 1. The van der Waals surface area contributed by atoms with Crippen LogP contribution in [0.3, 0.4) is 0 Å². The zero-order valence-electron chi connectivity index (χ0n) is 13.2. The molecule has 2 aromatic carbocycles. The molecule has 0 bridgehead atoms. The molecule has 0 unspecified atom stereocenters. The van der Waals surface area contributed by atoms with Crippen molar-refractivity contribution in [1.29, 1.82) is 0 Å². The molecule has 5 heteroatoms. The molecule has 2 aromatic rings. The summed E-state index contributed by atoms with van der Waals surface area (Å²) in [4.78, 5) is 0. The summed E-state index contributed by atoms with van der Waals surface area (Å²) in [5.41, 5.74) is 4.73. The second-order valence-electron chi connectivity index (χ2n) is 5.57. The molecule has 0 aliphatic heterocycles. The summed E-state index contributed by atoms with van der Waals surface area (Å²) in [5, 5.41) is 3.32. The Kier molecular flexibility index (Phi) is 5.66. The second-order valence-corrected chi connectivity index (χ2v) is 5.57. The predicted octanol–water partition coefficient (Wildman–Crippen LogP) is 4.53. The number of rotatable bonds is 6. The Bertz CT molecular complexity index is 636. The van der Waals surface area contributed by atoms with Gasteiger partial charge in [0.15, 0.2) is 6.61 Å². The van der Waals surface area contributed by atoms with Gasteiger partial charge in [0.1, 0.15) is 5.75 Å². The first kappa shape index (κ1) is 17.3. The standard InChI is InChI=1S/C18H20F3NO/c1-13-3-4-16(9-14(13)2)11-22-10-15-5-7-17(8-6-15)23-12-18(19,20)21/h3-9,22H,10-12H2,1-2H3. The van der Waals surface area contributed by atoms with Crippen LogP contribution in [0.15, 0.2) is 42.5 Å². The highest BCUT2D eigenvalue weighted by Gasteiger charge is 2.28. The number of hydrogen-bond acceptors (Lipinski definition) is 2. The van der Waals surface area contributed by atoms with Gasteiger partial charge < -0.3 is 10.1 Å². The van der Waals surface area contributed by atoms with E-state index in [1.54, 1.807) is 24.3 Å². The lowest BCUT2D eigenvalue weighted by molar-refractivity contribution is -0.153. The molecule has 0 atom stereocenters. The van der Waals surface area contributed by atoms with E-state index in [1.165, 1.54) is 16.7 Å². The van der Waals surface area contributed by atoms with Crippen LogP contribution in [0.5, 0.6) is 5.75 Å². The van der Waals surface area contributed by atoms with Crippen molar-refractivity contribution < 1.29 is 17.9 Å². The molecule has 0 aromatic heterocycles. The van der Waals surface area contributed by atoms with Crippen LogP contribution < -0.4 is 10.1 Å². The summed E-state index contributed by atoms with van der Waals surface area (Å²) >= 11 is 0. The van der Waals surface area contributed by atoms with E-state index in [1.807, 2.05) is 0 Å². The van der Waals surface area contributed by atoms with Gasteiger partial charge in [-0.1, -0.05) is 30.3 Å². The Labute approximate surface area is 134 Å². The van der Waals surface area contributed by atoms with Gasteiger partial charge in [0.05, 0.1) is 0 Å². The summed E-state index contributed by atoms with van der Waals surface area (Å²) in [5.74, 6) is 0.222. The van der Waals surface area contributed by atoms with E-state index in [0.717, 1.165) is 12.1 Å². The number of alkyl halides is 3. The van der Waals surface area contributed by atoms with Gasteiger partial charge in [-0.2, -0.15) is 13.2 Å². The number of halogens is 3. The monoisotopic (exact) mass is 323 g/mol. The molecule has 1 N–H and O–H groups in total. The lowest BCUT2D eigenvalue weighted by atomic mass is 10.1. The Morgan fingerprint density at radius 3 is 2.09 bits per heavy atom. The zero-order chi connectivity index (χ0) is 16.9. The smallest absolute Gasteiger partial charge is 0.422 e. The van der Waals surface area contributed by atoms with Crippen LogP contribution in [-0.2, 0) is 13.1 Å². The third kappa shape index (κ3) is 5.94. The van der Waals surface area contributed by atoms with Crippen molar-refractivity contribution in [2.75, 3.05) is 6.61 Å². The first-order valence-electron chi connectivity index (χ1n) is 7.39. The summed E-state index contributed by atoms with van der Waals surface area (Å²) in [6, 6.07) is 13.0. The minimum absolute atomic E-state index is 0.222. The SMILES string of the molecule is Cc1ccc(CNCc2ccc(OCC(F)(F)F)cc2)cc1C. The third-order valence-corrected chi connectivity index (χ3v) is 3.56. The van der Waals surface area contributed by atoms with E-state index in [-0.39, 0.29) is 5.75 Å². The van der Waals surface area contributed by atoms with Crippen molar-refractivity contribution in [3.63, 3.8) is 0 Å². The Morgan fingerprint density at radius 2 is 1.48 bits per heavy atom. The van der Waals surface area contributed by atoms with Crippen molar-refractivity contribution in [2.45, 2.75) is 33.1 Å². The second kappa shape index (κ2) is 7.51. The predicted molar refractivity (Wildman–Crippen MR) is 84.5 cm³/mol. The molecule has 0 amide bonds. The highest BCUT2D eigenvalue weighted by atomic mass is 19.4. The fraction of sp³-hybridized carbons (Fsp3) is 0.333. The molecule has 0 aliphatic carbocycles. The largest absolute Gasteiger partial charge is 0.484 e. The molecule has 2 rings (SSSR count). The molecule has 0 heterocycles. The van der Waals surface area contributed by atoms with Crippen molar-refractivity contribution in [3.8, 4) is 5.75 Å². The van der Waals surface area contributed by atoms with Crippen LogP contribution in [0.25, 0.3) is 0 Å². The molecule has 0 spiro atoms. The fourth-order valence-corrected chi connectivity index (χ4v) is 2.13. The summed E-state index contributed by atoms with van der Waals surface area (Å²) in [6.45, 7) is 4.28. The lowest BCUT2D eigenvalue weighted by Gasteiger charge is -2.10. The van der Waals surface area contributed by atoms with Gasteiger partial charge >= 0.3 is 6.18 Å². The maximum absolute atomic E-state index is 12.1. The summed E-state index contributed by atoms with van der Waals surface area (Å²) in [6.07, 6.45) is -4.31.